The SMILES string of the molecule is CCC(C)(OC)c1nc2c(n1C)CCC(N)C2. The molecule has 0 bridgehead atoms. The van der Waals surface area contributed by atoms with Crippen molar-refractivity contribution in [2.45, 2.75) is 51.2 Å². The van der Waals surface area contributed by atoms with Crippen LogP contribution in [0.5, 0.6) is 0 Å². The second-order valence-corrected chi connectivity index (χ2v) is 5.18. The lowest BCUT2D eigenvalue weighted by molar-refractivity contribution is -0.0112. The summed E-state index contributed by atoms with van der Waals surface area (Å²) in [5.74, 6) is 1.03. The van der Waals surface area contributed by atoms with Crippen LogP contribution in [0.1, 0.15) is 43.9 Å². The number of hydrogen-bond acceptors (Lipinski definition) is 3. The summed E-state index contributed by atoms with van der Waals surface area (Å²) in [5.41, 5.74) is 8.20. The van der Waals surface area contributed by atoms with E-state index < -0.39 is 0 Å². The number of ether oxygens (including phenoxy) is 1. The first-order valence-electron chi connectivity index (χ1n) is 6.37. The standard InChI is InChI=1S/C13H23N3O/c1-5-13(2,17-4)12-15-10-8-9(14)6-7-11(10)16(12)3/h9H,5-8,14H2,1-4H3. The van der Waals surface area contributed by atoms with Crippen molar-refractivity contribution < 1.29 is 4.74 Å². The van der Waals surface area contributed by atoms with E-state index in [4.69, 9.17) is 15.5 Å². The smallest absolute Gasteiger partial charge is 0.141 e. The number of methoxy groups -OCH3 is 1. The van der Waals surface area contributed by atoms with E-state index >= 15 is 0 Å². The average Bonchev–Trinajstić information content (AvgIpc) is 2.66. The molecule has 2 N–H and O–H groups in total. The summed E-state index contributed by atoms with van der Waals surface area (Å²) in [6.45, 7) is 4.23. The number of rotatable bonds is 3. The van der Waals surface area contributed by atoms with Gasteiger partial charge in [0.15, 0.2) is 0 Å². The van der Waals surface area contributed by atoms with E-state index in [1.165, 1.54) is 5.69 Å². The molecule has 1 aromatic heterocycles. The number of hydrogen-bond donors (Lipinski definition) is 1. The van der Waals surface area contributed by atoms with Crippen molar-refractivity contribution in [2.75, 3.05) is 7.11 Å². The van der Waals surface area contributed by atoms with Crippen LogP contribution in [0.25, 0.3) is 0 Å². The van der Waals surface area contributed by atoms with Crippen molar-refractivity contribution >= 4 is 0 Å². The Balaban J connectivity index is 2.44. The van der Waals surface area contributed by atoms with Crippen molar-refractivity contribution in [3.63, 3.8) is 0 Å². The van der Waals surface area contributed by atoms with Crippen LogP contribution in [0.2, 0.25) is 0 Å². The van der Waals surface area contributed by atoms with Gasteiger partial charge in [-0.3, -0.25) is 0 Å². The second-order valence-electron chi connectivity index (χ2n) is 5.18. The van der Waals surface area contributed by atoms with Crippen LogP contribution in [-0.2, 0) is 30.2 Å². The molecule has 0 saturated heterocycles. The van der Waals surface area contributed by atoms with Crippen LogP contribution in [0.15, 0.2) is 0 Å². The summed E-state index contributed by atoms with van der Waals surface area (Å²) in [5, 5.41) is 0. The number of nitrogens with zero attached hydrogens (tertiary/aromatic N) is 2. The fourth-order valence-electron chi connectivity index (χ4n) is 2.60. The van der Waals surface area contributed by atoms with Crippen LogP contribution in [0, 0.1) is 0 Å². The Morgan fingerprint density at radius 3 is 2.88 bits per heavy atom. The summed E-state index contributed by atoms with van der Waals surface area (Å²) >= 11 is 0. The zero-order valence-corrected chi connectivity index (χ0v) is 11.3. The van der Waals surface area contributed by atoms with Gasteiger partial charge in [-0.05, 0) is 26.2 Å². The lowest BCUT2D eigenvalue weighted by atomic mass is 9.97. The summed E-state index contributed by atoms with van der Waals surface area (Å²) < 4.78 is 7.85. The minimum Gasteiger partial charge on any atom is -0.371 e. The molecular weight excluding hydrogens is 214 g/mol. The first kappa shape index (κ1) is 12.6. The molecule has 0 aromatic carbocycles. The average molecular weight is 237 g/mol. The van der Waals surface area contributed by atoms with Gasteiger partial charge in [-0.25, -0.2) is 4.98 Å². The number of nitrogens with two attached hydrogens (primary N) is 1. The molecule has 0 aliphatic heterocycles. The quantitative estimate of drug-likeness (QED) is 0.867. The van der Waals surface area contributed by atoms with Crippen LogP contribution in [-0.4, -0.2) is 22.7 Å². The molecule has 1 aliphatic carbocycles. The summed E-state index contributed by atoms with van der Waals surface area (Å²) in [6, 6.07) is 0.265. The van der Waals surface area contributed by atoms with E-state index in [9.17, 15) is 0 Å². The molecule has 0 amide bonds. The molecule has 2 rings (SSSR count). The van der Waals surface area contributed by atoms with Gasteiger partial charge in [-0.2, -0.15) is 0 Å². The Morgan fingerprint density at radius 1 is 1.59 bits per heavy atom. The molecule has 1 aromatic rings. The number of fused-ring (bicyclic) bond motifs is 1. The number of aromatic nitrogens is 2. The minimum atomic E-state index is -0.295. The van der Waals surface area contributed by atoms with Crippen LogP contribution in [0.3, 0.4) is 0 Å². The first-order valence-corrected chi connectivity index (χ1v) is 6.37. The molecule has 4 nitrogen and oxygen atoms in total. The van der Waals surface area contributed by atoms with Gasteiger partial charge in [-0.15, -0.1) is 0 Å². The molecule has 17 heavy (non-hydrogen) atoms. The number of imidazole rings is 1. The Labute approximate surface area is 103 Å². The van der Waals surface area contributed by atoms with E-state index in [0.717, 1.165) is 37.2 Å². The van der Waals surface area contributed by atoms with Crippen molar-refractivity contribution in [2.24, 2.45) is 12.8 Å². The largest absolute Gasteiger partial charge is 0.371 e. The predicted molar refractivity (Wildman–Crippen MR) is 67.9 cm³/mol. The molecule has 0 saturated carbocycles. The fourth-order valence-corrected chi connectivity index (χ4v) is 2.60. The van der Waals surface area contributed by atoms with Crippen LogP contribution < -0.4 is 5.73 Å². The Bertz CT molecular complexity index is 407. The Morgan fingerprint density at radius 2 is 2.29 bits per heavy atom. The van der Waals surface area contributed by atoms with E-state index in [2.05, 4.69) is 25.5 Å². The molecule has 96 valence electrons. The molecule has 1 heterocycles. The van der Waals surface area contributed by atoms with Crippen molar-refractivity contribution in [1.29, 1.82) is 0 Å². The van der Waals surface area contributed by atoms with E-state index in [1.54, 1.807) is 7.11 Å². The summed E-state index contributed by atoms with van der Waals surface area (Å²) in [6.07, 6.45) is 3.90. The maximum atomic E-state index is 6.00. The monoisotopic (exact) mass is 237 g/mol. The molecule has 1 aliphatic rings. The molecule has 0 fully saturated rings. The zero-order chi connectivity index (χ0) is 12.6. The van der Waals surface area contributed by atoms with Crippen molar-refractivity contribution in [3.8, 4) is 0 Å². The first-order chi connectivity index (χ1) is 8.01. The molecule has 4 heteroatoms. The highest BCUT2D eigenvalue weighted by molar-refractivity contribution is 5.24. The topological polar surface area (TPSA) is 53.1 Å². The third kappa shape index (κ3) is 2.00. The van der Waals surface area contributed by atoms with Gasteiger partial charge in [0.1, 0.15) is 11.4 Å². The maximum Gasteiger partial charge on any atom is 0.141 e. The third-order valence-electron chi connectivity index (χ3n) is 4.10. The highest BCUT2D eigenvalue weighted by Crippen LogP contribution is 2.31. The van der Waals surface area contributed by atoms with Crippen LogP contribution >= 0.6 is 0 Å². The van der Waals surface area contributed by atoms with E-state index in [1.807, 2.05) is 0 Å². The Hall–Kier alpha value is -0.870. The summed E-state index contributed by atoms with van der Waals surface area (Å²) in [7, 11) is 3.84. The molecule has 0 spiro atoms. The highest BCUT2D eigenvalue weighted by Gasteiger charge is 2.32. The molecular formula is C13H23N3O. The fraction of sp³-hybridized carbons (Fsp3) is 0.769. The molecule has 2 atom stereocenters. The molecule has 0 radical (unpaired) electrons. The Kier molecular flexibility index (Phi) is 3.27. The predicted octanol–water partition coefficient (Wildman–Crippen LogP) is 1.51. The summed E-state index contributed by atoms with van der Waals surface area (Å²) in [4.78, 5) is 4.77. The minimum absolute atomic E-state index is 0.265. The molecule has 2 unspecified atom stereocenters. The maximum absolute atomic E-state index is 6.00. The second kappa shape index (κ2) is 4.42. The highest BCUT2D eigenvalue weighted by atomic mass is 16.5. The van der Waals surface area contributed by atoms with Gasteiger partial charge in [0, 0.05) is 32.3 Å². The third-order valence-corrected chi connectivity index (χ3v) is 4.10. The lowest BCUT2D eigenvalue weighted by Crippen LogP contribution is -2.28. The normalized spacial score (nSPS) is 23.2. The van der Waals surface area contributed by atoms with E-state index in [-0.39, 0.29) is 11.6 Å². The van der Waals surface area contributed by atoms with Crippen molar-refractivity contribution in [1.82, 2.24) is 9.55 Å². The van der Waals surface area contributed by atoms with Crippen molar-refractivity contribution in [3.05, 3.63) is 17.2 Å². The van der Waals surface area contributed by atoms with Gasteiger partial charge in [0.2, 0.25) is 0 Å². The van der Waals surface area contributed by atoms with Gasteiger partial charge >= 0.3 is 0 Å². The van der Waals surface area contributed by atoms with Gasteiger partial charge in [0.25, 0.3) is 0 Å². The zero-order valence-electron chi connectivity index (χ0n) is 11.3. The van der Waals surface area contributed by atoms with Crippen LogP contribution in [0.4, 0.5) is 0 Å². The van der Waals surface area contributed by atoms with Gasteiger partial charge in [-0.1, -0.05) is 6.92 Å². The van der Waals surface area contributed by atoms with E-state index in [0.29, 0.717) is 0 Å². The van der Waals surface area contributed by atoms with Gasteiger partial charge < -0.3 is 15.0 Å². The van der Waals surface area contributed by atoms with Gasteiger partial charge in [0.05, 0.1) is 5.69 Å². The lowest BCUT2D eigenvalue weighted by Gasteiger charge is -2.26.